The molecule has 1 aromatic heterocycles. The fraction of sp³-hybridized carbons (Fsp3) is 0. The summed E-state index contributed by atoms with van der Waals surface area (Å²) in [6.45, 7) is 0. The van der Waals surface area contributed by atoms with Crippen LogP contribution >= 0.6 is 0 Å². The van der Waals surface area contributed by atoms with Crippen molar-refractivity contribution < 1.29 is 29.6 Å². The predicted molar refractivity (Wildman–Crippen MR) is 21.4 cm³/mol. The molecule has 2 N–H and O–H groups in total. The second-order valence-electron chi connectivity index (χ2n) is 0.967. The summed E-state index contributed by atoms with van der Waals surface area (Å²) in [6.07, 6.45) is 1.54. The zero-order valence-corrected chi connectivity index (χ0v) is 6.06. The van der Waals surface area contributed by atoms with Crippen molar-refractivity contribution in [3.63, 3.8) is 0 Å². The van der Waals surface area contributed by atoms with Gasteiger partial charge in [-0.15, -0.1) is 0 Å². The van der Waals surface area contributed by atoms with Crippen LogP contribution in [0.3, 0.4) is 0 Å². The topological polar surface area (TPSA) is 48.6 Å². The SMILES string of the molecule is O=c1cc[nH][nH]1.[Na+]. The molecule has 4 heteroatoms. The van der Waals surface area contributed by atoms with Crippen LogP contribution in [0.5, 0.6) is 0 Å². The Morgan fingerprint density at radius 1 is 1.57 bits per heavy atom. The van der Waals surface area contributed by atoms with Crippen molar-refractivity contribution in [2.45, 2.75) is 0 Å². The molecule has 0 fully saturated rings. The third-order valence-electron chi connectivity index (χ3n) is 0.513. The predicted octanol–water partition coefficient (Wildman–Crippen LogP) is -3.29. The van der Waals surface area contributed by atoms with E-state index < -0.39 is 0 Å². The Morgan fingerprint density at radius 2 is 2.29 bits per heavy atom. The van der Waals surface area contributed by atoms with Gasteiger partial charge in [0.2, 0.25) is 0 Å². The Labute approximate surface area is 62.4 Å². The quantitative estimate of drug-likeness (QED) is 0.335. The molecular formula is C3H4N2NaO+. The molecule has 0 amide bonds. The molecule has 0 aliphatic heterocycles. The summed E-state index contributed by atoms with van der Waals surface area (Å²) in [5, 5.41) is 4.81. The van der Waals surface area contributed by atoms with Crippen LogP contribution < -0.4 is 35.1 Å². The van der Waals surface area contributed by atoms with Crippen LogP contribution in [0.2, 0.25) is 0 Å². The van der Waals surface area contributed by atoms with Crippen LogP contribution in [-0.2, 0) is 0 Å². The van der Waals surface area contributed by atoms with Gasteiger partial charge in [-0.05, 0) is 0 Å². The number of hydrogen-bond acceptors (Lipinski definition) is 1. The zero-order chi connectivity index (χ0) is 4.41. The van der Waals surface area contributed by atoms with Crippen molar-refractivity contribution in [2.75, 3.05) is 0 Å². The largest absolute Gasteiger partial charge is 1.00 e. The number of aromatic amines is 2. The Morgan fingerprint density at radius 3 is 2.43 bits per heavy atom. The monoisotopic (exact) mass is 107 g/mol. The molecule has 32 valence electrons. The van der Waals surface area contributed by atoms with E-state index in [1.165, 1.54) is 6.07 Å². The van der Waals surface area contributed by atoms with E-state index >= 15 is 0 Å². The van der Waals surface area contributed by atoms with Crippen molar-refractivity contribution in [3.05, 3.63) is 22.6 Å². The maximum Gasteiger partial charge on any atom is 1.00 e. The summed E-state index contributed by atoms with van der Waals surface area (Å²) in [5.74, 6) is 0. The second kappa shape index (κ2) is 3.07. The molecule has 0 atom stereocenters. The van der Waals surface area contributed by atoms with Crippen LogP contribution in [0.15, 0.2) is 17.1 Å². The minimum atomic E-state index is -0.0880. The normalized spacial score (nSPS) is 7.43. The van der Waals surface area contributed by atoms with Crippen LogP contribution in [0, 0.1) is 0 Å². The summed E-state index contributed by atoms with van der Waals surface area (Å²) in [7, 11) is 0. The third-order valence-corrected chi connectivity index (χ3v) is 0.513. The van der Waals surface area contributed by atoms with E-state index in [9.17, 15) is 4.79 Å². The van der Waals surface area contributed by atoms with Gasteiger partial charge in [0.1, 0.15) is 0 Å². The number of hydrogen-bond donors (Lipinski definition) is 2. The average molecular weight is 107 g/mol. The molecule has 1 rings (SSSR count). The molecule has 0 aliphatic rings. The second-order valence-corrected chi connectivity index (χ2v) is 0.967. The van der Waals surface area contributed by atoms with Crippen molar-refractivity contribution in [2.24, 2.45) is 0 Å². The van der Waals surface area contributed by atoms with E-state index in [1.807, 2.05) is 0 Å². The molecule has 0 unspecified atom stereocenters. The maximum absolute atomic E-state index is 9.98. The van der Waals surface area contributed by atoms with Gasteiger partial charge in [0.05, 0.1) is 0 Å². The summed E-state index contributed by atoms with van der Waals surface area (Å²) < 4.78 is 0. The van der Waals surface area contributed by atoms with Gasteiger partial charge in [-0.25, -0.2) is 0 Å². The van der Waals surface area contributed by atoms with Crippen LogP contribution in [0.25, 0.3) is 0 Å². The van der Waals surface area contributed by atoms with Gasteiger partial charge in [-0.1, -0.05) is 0 Å². The number of aromatic nitrogens is 2. The van der Waals surface area contributed by atoms with E-state index in [-0.39, 0.29) is 35.1 Å². The van der Waals surface area contributed by atoms with Crippen LogP contribution in [0.4, 0.5) is 0 Å². The summed E-state index contributed by atoms with van der Waals surface area (Å²) in [6, 6.07) is 1.42. The minimum absolute atomic E-state index is 0. The molecule has 0 saturated heterocycles. The molecule has 0 aromatic carbocycles. The van der Waals surface area contributed by atoms with Crippen molar-refractivity contribution in [3.8, 4) is 0 Å². The van der Waals surface area contributed by atoms with Gasteiger partial charge in [0.15, 0.2) is 0 Å². The fourth-order valence-electron chi connectivity index (χ4n) is 0.272. The third kappa shape index (κ3) is 1.97. The van der Waals surface area contributed by atoms with E-state index in [0.29, 0.717) is 0 Å². The Bertz CT molecular complexity index is 151. The molecule has 7 heavy (non-hydrogen) atoms. The van der Waals surface area contributed by atoms with Crippen molar-refractivity contribution >= 4 is 0 Å². The summed E-state index contributed by atoms with van der Waals surface area (Å²) >= 11 is 0. The van der Waals surface area contributed by atoms with Gasteiger partial charge >= 0.3 is 29.6 Å². The molecule has 1 aromatic rings. The number of rotatable bonds is 0. The van der Waals surface area contributed by atoms with Gasteiger partial charge in [-0.3, -0.25) is 9.89 Å². The van der Waals surface area contributed by atoms with E-state index in [0.717, 1.165) is 0 Å². The van der Waals surface area contributed by atoms with Crippen molar-refractivity contribution in [1.29, 1.82) is 0 Å². The fourth-order valence-corrected chi connectivity index (χ4v) is 0.272. The molecular weight excluding hydrogens is 103 g/mol. The van der Waals surface area contributed by atoms with E-state index in [1.54, 1.807) is 6.20 Å². The van der Waals surface area contributed by atoms with E-state index in [2.05, 4.69) is 10.2 Å². The summed E-state index contributed by atoms with van der Waals surface area (Å²) in [5.41, 5.74) is -0.0880. The first-order chi connectivity index (χ1) is 2.89. The standard InChI is InChI=1S/C3H4N2O.Na/c6-3-1-2-4-5-3;/h1-2H,(H2,4,5,6);/q;+1. The summed E-state index contributed by atoms with van der Waals surface area (Å²) in [4.78, 5) is 9.98. The van der Waals surface area contributed by atoms with Crippen LogP contribution in [0.1, 0.15) is 0 Å². The molecule has 0 spiro atoms. The molecule has 3 nitrogen and oxygen atoms in total. The molecule has 0 bridgehead atoms. The smallest absolute Gasteiger partial charge is 0.305 e. The zero-order valence-electron chi connectivity index (χ0n) is 4.06. The Balaban J connectivity index is 0.000000360. The van der Waals surface area contributed by atoms with Gasteiger partial charge in [-0.2, -0.15) is 0 Å². The van der Waals surface area contributed by atoms with Gasteiger partial charge < -0.3 is 5.10 Å². The van der Waals surface area contributed by atoms with Crippen LogP contribution in [-0.4, -0.2) is 10.2 Å². The average Bonchev–Trinajstić information content (AvgIpc) is 1.86. The van der Waals surface area contributed by atoms with Crippen molar-refractivity contribution in [1.82, 2.24) is 10.2 Å². The Kier molecular flexibility index (Phi) is 3.07. The molecule has 1 heterocycles. The van der Waals surface area contributed by atoms with Gasteiger partial charge in [0, 0.05) is 12.3 Å². The Hall–Kier alpha value is 0.0100. The first-order valence-corrected chi connectivity index (χ1v) is 1.61. The molecule has 0 aliphatic carbocycles. The minimum Gasteiger partial charge on any atom is -0.305 e. The molecule has 0 radical (unpaired) electrons. The molecule has 0 saturated carbocycles. The first kappa shape index (κ1) is 7.01. The van der Waals surface area contributed by atoms with E-state index in [4.69, 9.17) is 0 Å². The maximum atomic E-state index is 9.98. The number of nitrogens with one attached hydrogen (secondary N) is 2. The number of H-pyrrole nitrogens is 2. The van der Waals surface area contributed by atoms with Gasteiger partial charge in [0.25, 0.3) is 5.56 Å². The first-order valence-electron chi connectivity index (χ1n) is 1.61.